The molecule has 0 heterocycles. The average Bonchev–Trinajstić information content (AvgIpc) is 2.59. The molecule has 5 nitrogen and oxygen atoms in total. The summed E-state index contributed by atoms with van der Waals surface area (Å²) in [6.45, 7) is 2.20. The number of aryl methyl sites for hydroxylation is 1. The molecule has 6 heteroatoms. The number of phenolic OH excluding ortho intramolecular Hbond substituents is 1. The van der Waals surface area contributed by atoms with Crippen molar-refractivity contribution in [1.29, 1.82) is 0 Å². The minimum Gasteiger partial charge on any atom is -0.508 e. The summed E-state index contributed by atoms with van der Waals surface area (Å²) in [4.78, 5) is -0.459. The van der Waals surface area contributed by atoms with Crippen LogP contribution in [0, 0.1) is 0 Å². The lowest BCUT2D eigenvalue weighted by Gasteiger charge is -2.11. The fraction of sp³-hybridized carbons (Fsp3) is 0.400. The average molecular weight is 378 g/mol. The Kier molecular flexibility index (Phi) is 7.48. The van der Waals surface area contributed by atoms with Gasteiger partial charge in [-0.2, -0.15) is 8.42 Å². The van der Waals surface area contributed by atoms with Gasteiger partial charge in [0.1, 0.15) is 22.1 Å². The molecule has 2 N–H and O–H groups in total. The van der Waals surface area contributed by atoms with Crippen LogP contribution in [-0.4, -0.2) is 18.1 Å². The highest BCUT2D eigenvalue weighted by Crippen LogP contribution is 2.32. The van der Waals surface area contributed by atoms with Crippen molar-refractivity contribution >= 4 is 10.1 Å². The Bertz CT molecular complexity index is 815. The van der Waals surface area contributed by atoms with E-state index in [2.05, 4.69) is 6.92 Å². The first-order valence-electron chi connectivity index (χ1n) is 8.97. The summed E-state index contributed by atoms with van der Waals surface area (Å²) in [5.41, 5.74) is 1.12. The monoisotopic (exact) mass is 378 g/mol. The summed E-state index contributed by atoms with van der Waals surface area (Å²) in [5, 5.41) is 9.45. The summed E-state index contributed by atoms with van der Waals surface area (Å²) in [5.74, 6) is 0.202. The molecule has 0 aliphatic carbocycles. The van der Waals surface area contributed by atoms with Crippen LogP contribution in [0.4, 0.5) is 0 Å². The molecular weight excluding hydrogens is 352 g/mol. The number of hydrogen-bond donors (Lipinski definition) is 2. The highest BCUT2D eigenvalue weighted by Gasteiger charge is 2.18. The summed E-state index contributed by atoms with van der Waals surface area (Å²) in [6.07, 6.45) is 8.27. The van der Waals surface area contributed by atoms with Crippen molar-refractivity contribution in [3.63, 3.8) is 0 Å². The zero-order valence-corrected chi connectivity index (χ0v) is 15.8. The maximum absolute atomic E-state index is 11.5. The van der Waals surface area contributed by atoms with Gasteiger partial charge in [-0.15, -0.1) is 0 Å². The quantitative estimate of drug-likeness (QED) is 0.431. The smallest absolute Gasteiger partial charge is 0.298 e. The maximum atomic E-state index is 11.5. The van der Waals surface area contributed by atoms with Crippen molar-refractivity contribution in [3.05, 3.63) is 48.0 Å². The van der Waals surface area contributed by atoms with Gasteiger partial charge in [-0.05, 0) is 42.7 Å². The van der Waals surface area contributed by atoms with E-state index >= 15 is 0 Å². The molecule has 0 amide bonds. The number of unbranched alkanes of at least 4 members (excludes halogenated alkanes) is 5. The van der Waals surface area contributed by atoms with Gasteiger partial charge in [-0.3, -0.25) is 4.55 Å². The van der Waals surface area contributed by atoms with Crippen molar-refractivity contribution < 1.29 is 22.8 Å². The lowest BCUT2D eigenvalue weighted by atomic mass is 10.0. The number of rotatable bonds is 10. The van der Waals surface area contributed by atoms with Crippen molar-refractivity contribution in [2.45, 2.75) is 56.8 Å². The number of aromatic hydroxyl groups is 1. The van der Waals surface area contributed by atoms with Gasteiger partial charge in [-0.25, -0.2) is 0 Å². The lowest BCUT2D eigenvalue weighted by Crippen LogP contribution is -2.01. The third kappa shape index (κ3) is 6.35. The molecular formula is C20H26O5S. The SMILES string of the molecule is CCCCCCCCc1cccc(Oc2ccc(O)cc2S(=O)(=O)O)c1. The Balaban J connectivity index is 2.03. The van der Waals surface area contributed by atoms with Crippen LogP contribution in [0.15, 0.2) is 47.4 Å². The first kappa shape index (κ1) is 20.3. The van der Waals surface area contributed by atoms with E-state index in [4.69, 9.17) is 4.74 Å². The second kappa shape index (κ2) is 9.59. The molecule has 0 aliphatic heterocycles. The normalized spacial score (nSPS) is 11.5. The van der Waals surface area contributed by atoms with E-state index in [1.807, 2.05) is 18.2 Å². The number of hydrogen-bond acceptors (Lipinski definition) is 4. The molecule has 0 aliphatic rings. The van der Waals surface area contributed by atoms with Crippen LogP contribution >= 0.6 is 0 Å². The van der Waals surface area contributed by atoms with Crippen LogP contribution in [0.3, 0.4) is 0 Å². The lowest BCUT2D eigenvalue weighted by molar-refractivity contribution is 0.438. The summed E-state index contributed by atoms with van der Waals surface area (Å²) in [6, 6.07) is 11.1. The highest BCUT2D eigenvalue weighted by atomic mass is 32.2. The molecule has 2 aromatic rings. The van der Waals surface area contributed by atoms with Crippen molar-refractivity contribution in [2.75, 3.05) is 0 Å². The molecule has 0 spiro atoms. The van der Waals surface area contributed by atoms with Gasteiger partial charge < -0.3 is 9.84 Å². The van der Waals surface area contributed by atoms with E-state index in [-0.39, 0.29) is 11.5 Å². The molecule has 0 saturated carbocycles. The molecule has 0 fully saturated rings. The standard InChI is InChI=1S/C20H26O5S/c1-2-3-4-5-6-7-9-16-10-8-11-18(14-16)25-19-13-12-17(21)15-20(19)26(22,23)24/h8,10-15,21H,2-7,9H2,1H3,(H,22,23,24). The molecule has 0 unspecified atom stereocenters. The van der Waals surface area contributed by atoms with E-state index in [0.717, 1.165) is 24.5 Å². The van der Waals surface area contributed by atoms with Crippen LogP contribution in [0.2, 0.25) is 0 Å². The van der Waals surface area contributed by atoms with Gasteiger partial charge in [0.15, 0.2) is 0 Å². The fourth-order valence-electron chi connectivity index (χ4n) is 2.78. The van der Waals surface area contributed by atoms with Crippen molar-refractivity contribution in [3.8, 4) is 17.2 Å². The Morgan fingerprint density at radius 1 is 0.962 bits per heavy atom. The van der Waals surface area contributed by atoms with E-state index in [9.17, 15) is 18.1 Å². The second-order valence-corrected chi connectivity index (χ2v) is 7.76. The third-order valence-corrected chi connectivity index (χ3v) is 5.03. The van der Waals surface area contributed by atoms with E-state index in [0.29, 0.717) is 5.75 Å². The van der Waals surface area contributed by atoms with Crippen molar-refractivity contribution in [2.24, 2.45) is 0 Å². The van der Waals surface area contributed by atoms with E-state index in [1.165, 1.54) is 44.2 Å². The minimum atomic E-state index is -4.50. The zero-order chi connectivity index (χ0) is 19.0. The van der Waals surface area contributed by atoms with Crippen LogP contribution in [0.25, 0.3) is 0 Å². The first-order chi connectivity index (χ1) is 12.4. The van der Waals surface area contributed by atoms with Gasteiger partial charge in [0.25, 0.3) is 10.1 Å². The third-order valence-electron chi connectivity index (χ3n) is 4.15. The highest BCUT2D eigenvalue weighted by molar-refractivity contribution is 7.86. The molecule has 2 aromatic carbocycles. The fourth-order valence-corrected chi connectivity index (χ4v) is 3.42. The van der Waals surface area contributed by atoms with Gasteiger partial charge in [-0.1, -0.05) is 51.2 Å². The van der Waals surface area contributed by atoms with Gasteiger partial charge in [0, 0.05) is 6.07 Å². The van der Waals surface area contributed by atoms with Crippen molar-refractivity contribution in [1.82, 2.24) is 0 Å². The topological polar surface area (TPSA) is 83.8 Å². The second-order valence-electron chi connectivity index (χ2n) is 6.37. The molecule has 142 valence electrons. The zero-order valence-electron chi connectivity index (χ0n) is 15.0. The van der Waals surface area contributed by atoms with E-state index < -0.39 is 15.0 Å². The van der Waals surface area contributed by atoms with Crippen LogP contribution < -0.4 is 4.74 Å². The predicted molar refractivity (Wildman–Crippen MR) is 102 cm³/mol. The predicted octanol–water partition coefficient (Wildman–Crippen LogP) is 5.33. The molecule has 2 rings (SSSR count). The first-order valence-corrected chi connectivity index (χ1v) is 10.4. The Labute approximate surface area is 155 Å². The molecule has 0 radical (unpaired) electrons. The molecule has 26 heavy (non-hydrogen) atoms. The van der Waals surface area contributed by atoms with Crippen LogP contribution in [0.1, 0.15) is 51.0 Å². The Morgan fingerprint density at radius 2 is 1.69 bits per heavy atom. The maximum Gasteiger partial charge on any atom is 0.298 e. The van der Waals surface area contributed by atoms with Gasteiger partial charge in [0.2, 0.25) is 0 Å². The van der Waals surface area contributed by atoms with Gasteiger partial charge >= 0.3 is 0 Å². The molecule has 0 bridgehead atoms. The Hall–Kier alpha value is -2.05. The van der Waals surface area contributed by atoms with Gasteiger partial charge in [0.05, 0.1) is 0 Å². The summed E-state index contributed by atoms with van der Waals surface area (Å²) >= 11 is 0. The van der Waals surface area contributed by atoms with E-state index in [1.54, 1.807) is 6.07 Å². The molecule has 0 saturated heterocycles. The number of benzene rings is 2. The molecule has 0 atom stereocenters. The number of phenols is 1. The summed E-state index contributed by atoms with van der Waals surface area (Å²) in [7, 11) is -4.50. The number of ether oxygens (including phenoxy) is 1. The Morgan fingerprint density at radius 3 is 2.42 bits per heavy atom. The summed E-state index contributed by atoms with van der Waals surface area (Å²) < 4.78 is 37.9. The molecule has 0 aromatic heterocycles. The minimum absolute atomic E-state index is 0.0259. The van der Waals surface area contributed by atoms with Crippen LogP contribution in [0.5, 0.6) is 17.2 Å². The largest absolute Gasteiger partial charge is 0.508 e. The van der Waals surface area contributed by atoms with Crippen LogP contribution in [-0.2, 0) is 16.5 Å².